The molecule has 0 atom stereocenters. The first-order chi connectivity index (χ1) is 21.9. The van der Waals surface area contributed by atoms with Crippen LogP contribution in [0.5, 0.6) is 0 Å². The maximum Gasteiger partial charge on any atom is 0.0594 e. The molecule has 0 aromatic rings. The number of rotatable bonds is 0. The summed E-state index contributed by atoms with van der Waals surface area (Å²) in [5, 5.41) is 0. The zero-order valence-electron chi connectivity index (χ0n) is 35.7. The fourth-order valence-corrected chi connectivity index (χ4v) is 6.65. The second-order valence-corrected chi connectivity index (χ2v) is 19.8. The second kappa shape index (κ2) is 20.7. The number of nitrogens with zero attached hydrogens (tertiary/aromatic N) is 6. The van der Waals surface area contributed by atoms with Crippen LogP contribution >= 0.6 is 0 Å². The van der Waals surface area contributed by atoms with Crippen LogP contribution in [0.15, 0.2) is 0 Å². The largest absolute Gasteiger partial charge is 0.379 e. The Morgan fingerprint density at radius 2 is 0.542 bits per heavy atom. The minimum absolute atomic E-state index is 0.323. The van der Waals surface area contributed by atoms with E-state index in [-0.39, 0.29) is 0 Å². The van der Waals surface area contributed by atoms with Crippen molar-refractivity contribution in [1.29, 1.82) is 0 Å². The Morgan fingerprint density at radius 1 is 0.292 bits per heavy atom. The lowest BCUT2D eigenvalue weighted by Crippen LogP contribution is -2.52. The molecular formula is C41H88N6O. The average molecular weight is 681 g/mol. The maximum atomic E-state index is 5.25. The number of piperidine rings is 1. The fraction of sp³-hybridized carbons (Fsp3) is 1.00. The zero-order chi connectivity index (χ0) is 36.8. The van der Waals surface area contributed by atoms with Crippen molar-refractivity contribution < 1.29 is 4.74 Å². The highest BCUT2D eigenvalue weighted by Crippen LogP contribution is 2.21. The number of hydrogen-bond donors (Lipinski definition) is 0. The number of likely N-dealkylation sites (tertiary alicyclic amines) is 3. The first-order valence-corrected chi connectivity index (χ1v) is 19.9. The smallest absolute Gasteiger partial charge is 0.0594 e. The van der Waals surface area contributed by atoms with E-state index in [1.165, 1.54) is 104 Å². The highest BCUT2D eigenvalue weighted by Gasteiger charge is 2.27. The van der Waals surface area contributed by atoms with Gasteiger partial charge in [0.15, 0.2) is 0 Å². The van der Waals surface area contributed by atoms with Crippen LogP contribution in [0, 0.1) is 0 Å². The highest BCUT2D eigenvalue weighted by molar-refractivity contribution is 4.83. The second-order valence-electron chi connectivity index (χ2n) is 19.8. The molecule has 0 saturated carbocycles. The summed E-state index contributed by atoms with van der Waals surface area (Å²) in [6, 6.07) is 0. The van der Waals surface area contributed by atoms with Crippen molar-refractivity contribution in [3.63, 3.8) is 0 Å². The van der Waals surface area contributed by atoms with Gasteiger partial charge in [0, 0.05) is 67.0 Å². The van der Waals surface area contributed by atoms with E-state index < -0.39 is 0 Å². The van der Waals surface area contributed by atoms with Crippen LogP contribution < -0.4 is 0 Å². The van der Waals surface area contributed by atoms with Gasteiger partial charge in [0.25, 0.3) is 0 Å². The Labute approximate surface area is 302 Å². The summed E-state index contributed by atoms with van der Waals surface area (Å²) < 4.78 is 5.25. The molecule has 5 heterocycles. The molecule has 48 heavy (non-hydrogen) atoms. The summed E-state index contributed by atoms with van der Waals surface area (Å²) in [7, 11) is 2.19. The molecule has 5 fully saturated rings. The van der Waals surface area contributed by atoms with Gasteiger partial charge in [0.05, 0.1) is 13.2 Å². The van der Waals surface area contributed by atoms with Gasteiger partial charge in [-0.05, 0) is 182 Å². The molecule has 0 aliphatic carbocycles. The molecule has 0 unspecified atom stereocenters. The van der Waals surface area contributed by atoms with E-state index in [2.05, 4.69) is 140 Å². The van der Waals surface area contributed by atoms with Crippen molar-refractivity contribution in [3.8, 4) is 0 Å². The minimum Gasteiger partial charge on any atom is -0.379 e. The van der Waals surface area contributed by atoms with E-state index in [9.17, 15) is 0 Å². The van der Waals surface area contributed by atoms with Crippen LogP contribution in [0.3, 0.4) is 0 Å². The normalized spacial score (nSPS) is 23.2. The number of piperazine rings is 1. The summed E-state index contributed by atoms with van der Waals surface area (Å²) in [5.74, 6) is 0. The Hall–Kier alpha value is -0.280. The van der Waals surface area contributed by atoms with E-state index in [0.717, 1.165) is 26.3 Å². The molecule has 5 aliphatic rings. The molecule has 0 spiro atoms. The Morgan fingerprint density at radius 3 is 0.771 bits per heavy atom. The molecule has 5 rings (SSSR count). The monoisotopic (exact) mass is 681 g/mol. The van der Waals surface area contributed by atoms with Crippen LogP contribution in [0.1, 0.15) is 142 Å². The molecule has 0 bridgehead atoms. The van der Waals surface area contributed by atoms with Gasteiger partial charge in [0.1, 0.15) is 0 Å². The first-order valence-electron chi connectivity index (χ1n) is 19.9. The lowest BCUT2D eigenvalue weighted by atomic mass is 10.0. The summed E-state index contributed by atoms with van der Waals surface area (Å²) in [5.41, 5.74) is 1.93. The number of hydrogen-bond acceptors (Lipinski definition) is 7. The van der Waals surface area contributed by atoms with Crippen LogP contribution in [0.4, 0.5) is 0 Å². The predicted molar refractivity (Wildman–Crippen MR) is 213 cm³/mol. The molecule has 0 radical (unpaired) electrons. The Kier molecular flexibility index (Phi) is 19.7. The molecule has 0 N–H and O–H groups in total. The van der Waals surface area contributed by atoms with E-state index >= 15 is 0 Å². The summed E-state index contributed by atoms with van der Waals surface area (Å²) in [6.45, 7) is 50.9. The fourth-order valence-electron chi connectivity index (χ4n) is 6.65. The molecule has 7 heteroatoms. The third-order valence-corrected chi connectivity index (χ3v) is 10.6. The quantitative estimate of drug-likeness (QED) is 0.258. The lowest BCUT2D eigenvalue weighted by molar-refractivity contribution is -0.00389. The van der Waals surface area contributed by atoms with Gasteiger partial charge >= 0.3 is 0 Å². The topological polar surface area (TPSA) is 28.7 Å². The average Bonchev–Trinajstić information content (AvgIpc) is 3.49. The van der Waals surface area contributed by atoms with Gasteiger partial charge in [0.2, 0.25) is 0 Å². The van der Waals surface area contributed by atoms with Crippen LogP contribution in [0.2, 0.25) is 0 Å². The minimum atomic E-state index is 0.323. The van der Waals surface area contributed by atoms with Gasteiger partial charge < -0.3 is 9.64 Å². The van der Waals surface area contributed by atoms with Crippen molar-refractivity contribution in [2.45, 2.75) is 170 Å². The molecular weight excluding hydrogens is 592 g/mol. The summed E-state index contributed by atoms with van der Waals surface area (Å²) in [6.07, 6.45) is 8.44. The van der Waals surface area contributed by atoms with Crippen LogP contribution in [-0.4, -0.2) is 156 Å². The van der Waals surface area contributed by atoms with Crippen LogP contribution in [0.25, 0.3) is 0 Å². The molecule has 7 nitrogen and oxygen atoms in total. The number of morpholine rings is 1. The number of likely N-dealkylation sites (N-methyl/N-ethyl adjacent to an activating group) is 1. The van der Waals surface area contributed by atoms with Crippen molar-refractivity contribution in [3.05, 3.63) is 0 Å². The molecule has 0 aromatic carbocycles. The van der Waals surface area contributed by atoms with Crippen molar-refractivity contribution in [1.82, 2.24) is 29.4 Å². The standard InChI is InChI=1S/C9H20N2.C9H19N.C8H17NO.C8H17N.C7H15N/c1-9(2,3)11-7-5-10(4)6-8-11;1-9(2,3)10-7-5-4-6-8-10;1-8(2,3)9-4-6-10-7-5-9;1-8(2,3)9-6-4-5-7-9;1-7(2,3)8-5-4-6-8/h5-8H2,1-4H3;4-8H2,1-3H3;4-7H2,1-3H3;4-7H2,1-3H3;4-6H2,1-3H3. The molecule has 0 aromatic heterocycles. The van der Waals surface area contributed by atoms with Crippen molar-refractivity contribution in [2.24, 2.45) is 0 Å². The summed E-state index contributed by atoms with van der Waals surface area (Å²) in [4.78, 5) is 15.0. The highest BCUT2D eigenvalue weighted by atomic mass is 16.5. The van der Waals surface area contributed by atoms with Gasteiger partial charge in [-0.25, -0.2) is 0 Å². The maximum absolute atomic E-state index is 5.25. The molecule has 5 saturated heterocycles. The van der Waals surface area contributed by atoms with Gasteiger partial charge in [-0.15, -0.1) is 0 Å². The SMILES string of the molecule is CC(C)(C)N1CCC1.CC(C)(C)N1CCCC1.CC(C)(C)N1CCCCC1.CC(C)(C)N1CCOCC1.CN1CCN(C(C)(C)C)CC1. The predicted octanol–water partition coefficient (Wildman–Crippen LogP) is 7.79. The van der Waals surface area contributed by atoms with Crippen molar-refractivity contribution in [2.75, 3.05) is 98.8 Å². The molecule has 0 amide bonds. The molecule has 288 valence electrons. The van der Waals surface area contributed by atoms with E-state index in [1.54, 1.807) is 0 Å². The van der Waals surface area contributed by atoms with Crippen LogP contribution in [-0.2, 0) is 4.74 Å². The lowest BCUT2D eigenvalue weighted by Gasteiger charge is -2.42. The van der Waals surface area contributed by atoms with Gasteiger partial charge in [-0.2, -0.15) is 0 Å². The van der Waals surface area contributed by atoms with E-state index in [0.29, 0.717) is 27.7 Å². The number of ether oxygens (including phenoxy) is 1. The first kappa shape index (κ1) is 45.7. The zero-order valence-corrected chi connectivity index (χ0v) is 35.7. The third kappa shape index (κ3) is 19.4. The van der Waals surface area contributed by atoms with Gasteiger partial charge in [-0.1, -0.05) is 6.42 Å². The summed E-state index contributed by atoms with van der Waals surface area (Å²) >= 11 is 0. The molecule has 5 aliphatic heterocycles. The Bertz CT molecular complexity index is 770. The van der Waals surface area contributed by atoms with E-state index in [1.807, 2.05) is 0 Å². The Balaban J connectivity index is 0.000000301. The van der Waals surface area contributed by atoms with Gasteiger partial charge in [-0.3, -0.25) is 24.5 Å². The van der Waals surface area contributed by atoms with Crippen molar-refractivity contribution >= 4 is 0 Å². The third-order valence-electron chi connectivity index (χ3n) is 10.6. The van der Waals surface area contributed by atoms with E-state index in [4.69, 9.17) is 4.74 Å².